The van der Waals surface area contributed by atoms with Crippen LogP contribution in [0.2, 0.25) is 5.02 Å². The lowest BCUT2D eigenvalue weighted by Gasteiger charge is -2.32. The van der Waals surface area contributed by atoms with Gasteiger partial charge >= 0.3 is 0 Å². The maximum absolute atomic E-state index is 13.0. The van der Waals surface area contributed by atoms with Crippen molar-refractivity contribution in [3.8, 4) is 5.75 Å². The van der Waals surface area contributed by atoms with Gasteiger partial charge in [0.05, 0.1) is 18.7 Å². The molecule has 1 aromatic rings. The van der Waals surface area contributed by atoms with Gasteiger partial charge in [0, 0.05) is 23.9 Å². The first-order chi connectivity index (χ1) is 10.5. The van der Waals surface area contributed by atoms with Crippen LogP contribution in [-0.4, -0.2) is 67.5 Å². The average Bonchev–Trinajstić information content (AvgIpc) is 2.71. The third kappa shape index (κ3) is 4.31. The zero-order valence-electron chi connectivity index (χ0n) is 13.3. The van der Waals surface area contributed by atoms with Crippen molar-refractivity contribution in [3.05, 3.63) is 28.8 Å². The Morgan fingerprint density at radius 3 is 2.95 bits per heavy atom. The van der Waals surface area contributed by atoms with Crippen molar-refractivity contribution in [1.29, 1.82) is 0 Å². The van der Waals surface area contributed by atoms with Gasteiger partial charge in [0.15, 0.2) is 0 Å². The SMILES string of the molecule is COc1ccc(Cl)cc1C(=O)N1CCCSCC1CN(C)C. The summed E-state index contributed by atoms with van der Waals surface area (Å²) in [6.07, 6.45) is 1.02. The molecule has 1 saturated heterocycles. The molecule has 1 unspecified atom stereocenters. The first kappa shape index (κ1) is 17.4. The van der Waals surface area contributed by atoms with Crippen molar-refractivity contribution in [2.24, 2.45) is 0 Å². The summed E-state index contributed by atoms with van der Waals surface area (Å²) in [5, 5.41) is 0.553. The highest BCUT2D eigenvalue weighted by Gasteiger charge is 2.28. The highest BCUT2D eigenvalue weighted by molar-refractivity contribution is 7.99. The van der Waals surface area contributed by atoms with Crippen LogP contribution in [0, 0.1) is 0 Å². The Morgan fingerprint density at radius 2 is 2.27 bits per heavy atom. The number of benzene rings is 1. The number of rotatable bonds is 4. The van der Waals surface area contributed by atoms with E-state index in [-0.39, 0.29) is 11.9 Å². The molecule has 1 atom stereocenters. The number of carbonyl (C=O) groups is 1. The fourth-order valence-electron chi connectivity index (χ4n) is 2.67. The van der Waals surface area contributed by atoms with Gasteiger partial charge in [-0.2, -0.15) is 11.8 Å². The third-order valence-electron chi connectivity index (χ3n) is 3.67. The van der Waals surface area contributed by atoms with E-state index in [0.717, 1.165) is 31.0 Å². The summed E-state index contributed by atoms with van der Waals surface area (Å²) in [6, 6.07) is 5.40. The highest BCUT2D eigenvalue weighted by atomic mass is 35.5. The fourth-order valence-corrected chi connectivity index (χ4v) is 3.90. The van der Waals surface area contributed by atoms with Gasteiger partial charge < -0.3 is 14.5 Å². The van der Waals surface area contributed by atoms with E-state index in [4.69, 9.17) is 16.3 Å². The minimum absolute atomic E-state index is 0.00806. The van der Waals surface area contributed by atoms with E-state index in [1.807, 2.05) is 30.8 Å². The van der Waals surface area contributed by atoms with Gasteiger partial charge in [0.1, 0.15) is 5.75 Å². The number of hydrogen-bond donors (Lipinski definition) is 0. The fraction of sp³-hybridized carbons (Fsp3) is 0.562. The predicted molar refractivity (Wildman–Crippen MR) is 93.3 cm³/mol. The van der Waals surface area contributed by atoms with Crippen molar-refractivity contribution >= 4 is 29.3 Å². The second-order valence-corrected chi connectivity index (χ2v) is 7.27. The summed E-state index contributed by atoms with van der Waals surface area (Å²) >= 11 is 7.99. The zero-order valence-corrected chi connectivity index (χ0v) is 14.9. The van der Waals surface area contributed by atoms with E-state index in [1.165, 1.54) is 0 Å². The molecule has 2 rings (SSSR count). The second-order valence-electron chi connectivity index (χ2n) is 5.69. The van der Waals surface area contributed by atoms with Crippen LogP contribution in [0.1, 0.15) is 16.8 Å². The maximum Gasteiger partial charge on any atom is 0.257 e. The molecule has 1 amide bonds. The Bertz CT molecular complexity index is 525. The van der Waals surface area contributed by atoms with E-state index in [0.29, 0.717) is 16.3 Å². The van der Waals surface area contributed by atoms with Gasteiger partial charge in [0.2, 0.25) is 0 Å². The summed E-state index contributed by atoms with van der Waals surface area (Å²) in [5.74, 6) is 2.65. The Hall–Kier alpha value is -0.910. The molecule has 6 heteroatoms. The lowest BCUT2D eigenvalue weighted by Crippen LogP contribution is -2.46. The maximum atomic E-state index is 13.0. The molecule has 1 aromatic carbocycles. The topological polar surface area (TPSA) is 32.8 Å². The molecular formula is C16H23ClN2O2S. The molecule has 0 saturated carbocycles. The van der Waals surface area contributed by atoms with Crippen LogP contribution in [0.4, 0.5) is 0 Å². The second kappa shape index (κ2) is 8.09. The molecule has 0 aromatic heterocycles. The Balaban J connectivity index is 2.29. The standard InChI is InChI=1S/C16H23ClN2O2S/c1-18(2)10-13-11-22-8-4-7-19(13)16(20)14-9-12(17)5-6-15(14)21-3/h5-6,9,13H,4,7-8,10-11H2,1-3H3. The first-order valence-electron chi connectivity index (χ1n) is 7.40. The van der Waals surface area contributed by atoms with E-state index >= 15 is 0 Å². The number of thioether (sulfide) groups is 1. The van der Waals surface area contributed by atoms with E-state index in [9.17, 15) is 4.79 Å². The Labute approximate surface area is 141 Å². The summed E-state index contributed by atoms with van der Waals surface area (Å²) in [6.45, 7) is 1.64. The van der Waals surface area contributed by atoms with Crippen LogP contribution in [-0.2, 0) is 0 Å². The molecule has 122 valence electrons. The third-order valence-corrected chi connectivity index (χ3v) is 5.10. The molecule has 1 aliphatic rings. The smallest absolute Gasteiger partial charge is 0.257 e. The first-order valence-corrected chi connectivity index (χ1v) is 8.93. The number of carbonyl (C=O) groups excluding carboxylic acids is 1. The van der Waals surface area contributed by atoms with Crippen molar-refractivity contribution < 1.29 is 9.53 Å². The number of nitrogens with zero attached hydrogens (tertiary/aromatic N) is 2. The van der Waals surface area contributed by atoms with E-state index in [1.54, 1.807) is 25.3 Å². The van der Waals surface area contributed by atoms with Crippen LogP contribution < -0.4 is 4.74 Å². The van der Waals surface area contributed by atoms with Gasteiger partial charge in [0.25, 0.3) is 5.91 Å². The molecule has 0 spiro atoms. The summed E-state index contributed by atoms with van der Waals surface area (Å²) in [5.41, 5.74) is 0.547. The Morgan fingerprint density at radius 1 is 1.50 bits per heavy atom. The minimum atomic E-state index is 0.00806. The van der Waals surface area contributed by atoms with Gasteiger partial charge in [-0.05, 0) is 44.5 Å². The number of ether oxygens (including phenoxy) is 1. The van der Waals surface area contributed by atoms with Gasteiger partial charge in [-0.3, -0.25) is 4.79 Å². The molecule has 22 heavy (non-hydrogen) atoms. The normalized spacial score (nSPS) is 19.1. The summed E-state index contributed by atoms with van der Waals surface area (Å²) in [4.78, 5) is 17.1. The number of amides is 1. The molecule has 0 N–H and O–H groups in total. The molecule has 1 heterocycles. The van der Waals surface area contributed by atoms with Gasteiger partial charge in [-0.1, -0.05) is 11.6 Å². The molecule has 0 bridgehead atoms. The van der Waals surface area contributed by atoms with Crippen LogP contribution in [0.3, 0.4) is 0 Å². The molecular weight excluding hydrogens is 320 g/mol. The van der Waals surface area contributed by atoms with Crippen LogP contribution in [0.5, 0.6) is 5.75 Å². The molecule has 0 aliphatic carbocycles. The van der Waals surface area contributed by atoms with Gasteiger partial charge in [-0.25, -0.2) is 0 Å². The number of methoxy groups -OCH3 is 1. The molecule has 0 radical (unpaired) electrons. The largest absolute Gasteiger partial charge is 0.496 e. The van der Waals surface area contributed by atoms with Crippen LogP contribution in [0.25, 0.3) is 0 Å². The molecule has 4 nitrogen and oxygen atoms in total. The average molecular weight is 343 g/mol. The van der Waals surface area contributed by atoms with Crippen molar-refractivity contribution in [2.45, 2.75) is 12.5 Å². The summed E-state index contributed by atoms with van der Waals surface area (Å²) in [7, 11) is 5.66. The monoisotopic (exact) mass is 342 g/mol. The van der Waals surface area contributed by atoms with E-state index in [2.05, 4.69) is 4.90 Å². The minimum Gasteiger partial charge on any atom is -0.496 e. The lowest BCUT2D eigenvalue weighted by molar-refractivity contribution is 0.0672. The summed E-state index contributed by atoms with van der Waals surface area (Å²) < 4.78 is 5.34. The van der Waals surface area contributed by atoms with Crippen LogP contribution in [0.15, 0.2) is 18.2 Å². The predicted octanol–water partition coefficient (Wildman–Crippen LogP) is 2.86. The van der Waals surface area contributed by atoms with Gasteiger partial charge in [-0.15, -0.1) is 0 Å². The highest BCUT2D eigenvalue weighted by Crippen LogP contribution is 2.26. The number of hydrogen-bond acceptors (Lipinski definition) is 4. The quantitative estimate of drug-likeness (QED) is 0.842. The van der Waals surface area contributed by atoms with Crippen molar-refractivity contribution in [1.82, 2.24) is 9.80 Å². The number of halogens is 1. The van der Waals surface area contributed by atoms with E-state index < -0.39 is 0 Å². The number of likely N-dealkylation sites (N-methyl/N-ethyl adjacent to an activating group) is 1. The molecule has 1 fully saturated rings. The Kier molecular flexibility index (Phi) is 6.41. The van der Waals surface area contributed by atoms with Crippen molar-refractivity contribution in [3.63, 3.8) is 0 Å². The lowest BCUT2D eigenvalue weighted by atomic mass is 10.1. The molecule has 1 aliphatic heterocycles. The van der Waals surface area contributed by atoms with Crippen molar-refractivity contribution in [2.75, 3.05) is 45.8 Å². The zero-order chi connectivity index (χ0) is 16.1. The van der Waals surface area contributed by atoms with Crippen LogP contribution >= 0.6 is 23.4 Å².